The number of carbonyl (C=O) groups excluding carboxylic acids is 4. The molecule has 0 radical (unpaired) electrons. The average Bonchev–Trinajstić information content (AvgIpc) is 2.94. The number of nitrogens with two attached hydrogens (primary N) is 1. The van der Waals surface area contributed by atoms with Gasteiger partial charge in [0.05, 0.1) is 12.0 Å². The Bertz CT molecular complexity index is 1290. The minimum Gasteiger partial charge on any atom is -0.444 e. The fourth-order valence-corrected chi connectivity index (χ4v) is 4.61. The van der Waals surface area contributed by atoms with Gasteiger partial charge in [-0.15, -0.1) is 0 Å². The number of aryl methyl sites for hydroxylation is 1. The monoisotopic (exact) mass is 619 g/mol. The summed E-state index contributed by atoms with van der Waals surface area (Å²) in [6, 6.07) is 10.6. The van der Waals surface area contributed by atoms with Gasteiger partial charge in [-0.1, -0.05) is 36.4 Å². The van der Waals surface area contributed by atoms with Crippen molar-refractivity contribution >= 4 is 29.5 Å². The SMILES string of the molecule is CC(C)(C)OC(=O)N[C@@H](CC(=O)N1CCC(N)CC1)C(=O)N[C@@H](CCc1ccccc1)C(=O)Nc1cccc(C(F)(F)F)c1. The number of benzene rings is 2. The summed E-state index contributed by atoms with van der Waals surface area (Å²) in [5.41, 5.74) is 4.86. The molecule has 0 aliphatic carbocycles. The largest absolute Gasteiger partial charge is 0.444 e. The van der Waals surface area contributed by atoms with Crippen molar-refractivity contribution in [2.45, 2.75) is 82.8 Å². The number of nitrogens with zero attached hydrogens (tertiary/aromatic N) is 1. The molecule has 1 aliphatic heterocycles. The van der Waals surface area contributed by atoms with Gasteiger partial charge in [-0.2, -0.15) is 13.2 Å². The number of rotatable bonds is 10. The Morgan fingerprint density at radius 1 is 0.932 bits per heavy atom. The molecule has 13 heteroatoms. The molecule has 0 bridgehead atoms. The number of hydrogen-bond donors (Lipinski definition) is 4. The van der Waals surface area contributed by atoms with E-state index in [0.717, 1.165) is 23.8 Å². The number of nitrogens with one attached hydrogen (secondary N) is 3. The summed E-state index contributed by atoms with van der Waals surface area (Å²) in [5, 5.41) is 7.49. The summed E-state index contributed by atoms with van der Waals surface area (Å²) in [7, 11) is 0. The lowest BCUT2D eigenvalue weighted by Gasteiger charge is -2.31. The van der Waals surface area contributed by atoms with Gasteiger partial charge in [0.15, 0.2) is 0 Å². The second-order valence-electron chi connectivity index (χ2n) is 11.8. The minimum atomic E-state index is -4.62. The van der Waals surface area contributed by atoms with E-state index in [4.69, 9.17) is 10.5 Å². The molecule has 2 aromatic carbocycles. The number of hydrogen-bond acceptors (Lipinski definition) is 6. The van der Waals surface area contributed by atoms with Crippen molar-refractivity contribution in [3.05, 3.63) is 65.7 Å². The molecule has 1 fully saturated rings. The molecule has 4 amide bonds. The molecule has 3 rings (SSSR count). The van der Waals surface area contributed by atoms with Crippen molar-refractivity contribution in [2.75, 3.05) is 18.4 Å². The lowest BCUT2D eigenvalue weighted by molar-refractivity contribution is -0.137. The Labute approximate surface area is 254 Å². The third-order valence-corrected chi connectivity index (χ3v) is 6.93. The predicted molar refractivity (Wildman–Crippen MR) is 158 cm³/mol. The van der Waals surface area contributed by atoms with Crippen molar-refractivity contribution < 1.29 is 37.1 Å². The molecule has 0 saturated carbocycles. The van der Waals surface area contributed by atoms with Gasteiger partial charge < -0.3 is 31.3 Å². The van der Waals surface area contributed by atoms with E-state index in [1.807, 2.05) is 30.3 Å². The van der Waals surface area contributed by atoms with Gasteiger partial charge in [-0.25, -0.2) is 4.79 Å². The molecule has 2 atom stereocenters. The van der Waals surface area contributed by atoms with E-state index in [0.29, 0.717) is 32.4 Å². The van der Waals surface area contributed by atoms with Crippen molar-refractivity contribution in [3.8, 4) is 0 Å². The van der Waals surface area contributed by atoms with Crippen molar-refractivity contribution in [1.82, 2.24) is 15.5 Å². The molecule has 5 N–H and O–H groups in total. The molecule has 1 saturated heterocycles. The maximum atomic E-state index is 13.6. The topological polar surface area (TPSA) is 143 Å². The number of carbonyl (C=O) groups is 4. The third kappa shape index (κ3) is 11.2. The highest BCUT2D eigenvalue weighted by molar-refractivity contribution is 5.99. The molecular formula is C31H40F3N5O5. The molecule has 2 aromatic rings. The van der Waals surface area contributed by atoms with Crippen LogP contribution in [0.2, 0.25) is 0 Å². The van der Waals surface area contributed by atoms with Gasteiger partial charge in [-0.3, -0.25) is 14.4 Å². The van der Waals surface area contributed by atoms with Gasteiger partial charge >= 0.3 is 12.3 Å². The maximum Gasteiger partial charge on any atom is 0.416 e. The Balaban J connectivity index is 1.81. The lowest BCUT2D eigenvalue weighted by atomic mass is 10.0. The number of ether oxygens (including phenoxy) is 1. The number of likely N-dealkylation sites (tertiary alicyclic amines) is 1. The van der Waals surface area contributed by atoms with Crippen LogP contribution < -0.4 is 21.7 Å². The van der Waals surface area contributed by atoms with Crippen LogP contribution in [0.1, 0.15) is 57.6 Å². The van der Waals surface area contributed by atoms with Crippen LogP contribution in [0.3, 0.4) is 0 Å². The van der Waals surface area contributed by atoms with Gasteiger partial charge in [0.1, 0.15) is 17.7 Å². The smallest absolute Gasteiger partial charge is 0.416 e. The molecule has 0 aromatic heterocycles. The van der Waals surface area contributed by atoms with Crippen LogP contribution in [0.15, 0.2) is 54.6 Å². The number of alkyl carbamates (subject to hydrolysis) is 1. The molecule has 1 heterocycles. The van der Waals surface area contributed by atoms with Crippen LogP contribution in [-0.4, -0.2) is 65.5 Å². The molecule has 44 heavy (non-hydrogen) atoms. The van der Waals surface area contributed by atoms with Gasteiger partial charge in [0, 0.05) is 24.8 Å². The number of piperidine rings is 1. The zero-order valence-corrected chi connectivity index (χ0v) is 25.1. The van der Waals surface area contributed by atoms with Crippen LogP contribution in [-0.2, 0) is 31.7 Å². The Hall–Kier alpha value is -4.13. The van der Waals surface area contributed by atoms with E-state index in [2.05, 4.69) is 16.0 Å². The summed E-state index contributed by atoms with van der Waals surface area (Å²) in [6.45, 7) is 5.73. The van der Waals surface area contributed by atoms with Gasteiger partial charge in [0.2, 0.25) is 17.7 Å². The van der Waals surface area contributed by atoms with E-state index >= 15 is 0 Å². The summed E-state index contributed by atoms with van der Waals surface area (Å²) >= 11 is 0. The van der Waals surface area contributed by atoms with Crippen LogP contribution in [0.25, 0.3) is 0 Å². The van der Waals surface area contributed by atoms with Crippen LogP contribution in [0.5, 0.6) is 0 Å². The fraction of sp³-hybridized carbons (Fsp3) is 0.484. The molecule has 0 spiro atoms. The highest BCUT2D eigenvalue weighted by Crippen LogP contribution is 2.30. The van der Waals surface area contributed by atoms with Crippen LogP contribution in [0.4, 0.5) is 23.7 Å². The van der Waals surface area contributed by atoms with Crippen molar-refractivity contribution in [1.29, 1.82) is 0 Å². The van der Waals surface area contributed by atoms with Crippen molar-refractivity contribution in [3.63, 3.8) is 0 Å². The number of anilines is 1. The normalized spacial score (nSPS) is 15.6. The third-order valence-electron chi connectivity index (χ3n) is 6.93. The fourth-order valence-electron chi connectivity index (χ4n) is 4.61. The summed E-state index contributed by atoms with van der Waals surface area (Å²) in [6.07, 6.45) is -4.33. The summed E-state index contributed by atoms with van der Waals surface area (Å²) in [5.74, 6) is -1.97. The summed E-state index contributed by atoms with van der Waals surface area (Å²) in [4.78, 5) is 54.2. The van der Waals surface area contributed by atoms with Crippen LogP contribution in [0, 0.1) is 0 Å². The minimum absolute atomic E-state index is 0.0289. The highest BCUT2D eigenvalue weighted by atomic mass is 19.4. The molecule has 240 valence electrons. The van der Waals surface area contributed by atoms with Crippen molar-refractivity contribution in [2.24, 2.45) is 5.73 Å². The molecular weight excluding hydrogens is 579 g/mol. The first-order chi connectivity index (χ1) is 20.6. The zero-order valence-electron chi connectivity index (χ0n) is 25.1. The summed E-state index contributed by atoms with van der Waals surface area (Å²) < 4.78 is 45.0. The quantitative estimate of drug-likeness (QED) is 0.317. The van der Waals surface area contributed by atoms with E-state index in [1.54, 1.807) is 25.7 Å². The predicted octanol–water partition coefficient (Wildman–Crippen LogP) is 3.99. The first-order valence-electron chi connectivity index (χ1n) is 14.5. The Morgan fingerprint density at radius 3 is 2.20 bits per heavy atom. The van der Waals surface area contributed by atoms with Gasteiger partial charge in [0.25, 0.3) is 0 Å². The standard InChI is InChI=1S/C31H40F3N5O5/c1-30(2,3)44-29(43)38-25(19-26(40)39-16-14-22(35)15-17-39)28(42)37-24(13-12-20-8-5-4-6-9-20)27(41)36-23-11-7-10-21(18-23)31(32,33)34/h4-11,18,22,24-25H,12-17,19,35H2,1-3H3,(H,36,41)(H,37,42)(H,38,43)/t24-,25-/m0/s1. The highest BCUT2D eigenvalue weighted by Gasteiger charge is 2.33. The lowest BCUT2D eigenvalue weighted by Crippen LogP contribution is -2.55. The van der Waals surface area contributed by atoms with E-state index in [-0.39, 0.29) is 24.1 Å². The molecule has 1 aliphatic rings. The number of amides is 4. The van der Waals surface area contributed by atoms with E-state index < -0.39 is 53.8 Å². The Morgan fingerprint density at radius 2 is 1.59 bits per heavy atom. The van der Waals surface area contributed by atoms with E-state index in [1.165, 1.54) is 6.07 Å². The van der Waals surface area contributed by atoms with Crippen LogP contribution >= 0.6 is 0 Å². The maximum absolute atomic E-state index is 13.6. The van der Waals surface area contributed by atoms with E-state index in [9.17, 15) is 32.3 Å². The zero-order chi connectivity index (χ0) is 32.5. The molecule has 10 nitrogen and oxygen atoms in total. The number of halogens is 3. The Kier molecular flexibility index (Phi) is 11.7. The molecule has 0 unspecified atom stereocenters. The average molecular weight is 620 g/mol. The first-order valence-corrected chi connectivity index (χ1v) is 14.5. The van der Waals surface area contributed by atoms with Gasteiger partial charge in [-0.05, 0) is 70.2 Å². The second kappa shape index (κ2) is 15.0. The first kappa shape index (κ1) is 34.4. The number of alkyl halides is 3. The second-order valence-corrected chi connectivity index (χ2v) is 11.8.